The van der Waals surface area contributed by atoms with Crippen LogP contribution in [0.4, 0.5) is 0 Å². The van der Waals surface area contributed by atoms with Crippen molar-refractivity contribution in [1.29, 1.82) is 0 Å². The van der Waals surface area contributed by atoms with Crippen molar-refractivity contribution in [1.82, 2.24) is 0 Å². The zero-order valence-electron chi connectivity index (χ0n) is 70.5. The average molecular weight is 1470 g/mol. The molecule has 0 heterocycles. The third kappa shape index (κ3) is 12.0. The molecular weight excluding hydrogens is 1320 g/mol. The summed E-state index contributed by atoms with van der Waals surface area (Å²) in [6, 6.07) is 0. The van der Waals surface area contributed by atoms with Crippen molar-refractivity contribution in [3.63, 3.8) is 0 Å². The Morgan fingerprint density at radius 3 is 1.13 bits per heavy atom. The molecule has 0 amide bonds. The number of ether oxygens (including phenoxy) is 3. The van der Waals surface area contributed by atoms with Crippen LogP contribution >= 0.6 is 0 Å². The Hall–Kier alpha value is -3.48. The topological polar surface area (TPSA) is 160 Å². The maximum Gasteiger partial charge on any atom is 0.312 e. The maximum atomic E-state index is 15.3. The van der Waals surface area contributed by atoms with Gasteiger partial charge < -0.3 is 23.7 Å². The van der Waals surface area contributed by atoms with Gasteiger partial charge >= 0.3 is 17.9 Å². The van der Waals surface area contributed by atoms with E-state index in [0.717, 1.165) is 113 Å². The van der Waals surface area contributed by atoms with Gasteiger partial charge in [0, 0.05) is 35.5 Å². The third-order valence-corrected chi connectivity index (χ3v) is 40.4. The van der Waals surface area contributed by atoms with Crippen molar-refractivity contribution in [2.45, 2.75) is 330 Å². The molecule has 0 aromatic carbocycles. The molecule has 0 aromatic rings. The minimum atomic E-state index is -2.14. The van der Waals surface area contributed by atoms with Gasteiger partial charge in [-0.3, -0.25) is 28.8 Å². The molecule has 15 aliphatic rings. The summed E-state index contributed by atoms with van der Waals surface area (Å²) in [7, 11) is -2.14. The van der Waals surface area contributed by atoms with E-state index >= 15 is 4.79 Å². The van der Waals surface area contributed by atoms with Gasteiger partial charge in [0.2, 0.25) is 0 Å². The van der Waals surface area contributed by atoms with Gasteiger partial charge in [-0.05, 0) is 240 Å². The molecule has 11 nitrogen and oxygen atoms in total. The van der Waals surface area contributed by atoms with E-state index in [9.17, 15) is 29.1 Å². The number of aliphatic hydroxyl groups is 1. The molecule has 0 aromatic heterocycles. The molecule has 6 bridgehead atoms. The first-order valence-electron chi connectivity index (χ1n) is 43.0. The second kappa shape index (κ2) is 26.6. The molecule has 1 N–H and O–H groups in total. The van der Waals surface area contributed by atoms with E-state index in [4.69, 9.17) is 18.6 Å². The third-order valence-electron chi connectivity index (χ3n) is 36.0. The highest BCUT2D eigenvalue weighted by Crippen LogP contribution is 2.76. The Morgan fingerprint density at radius 1 is 0.429 bits per heavy atom. The lowest BCUT2D eigenvalue weighted by Gasteiger charge is -2.44. The first kappa shape index (κ1) is 79.6. The summed E-state index contributed by atoms with van der Waals surface area (Å²) in [5, 5.41) is 11.6. The van der Waals surface area contributed by atoms with Gasteiger partial charge in [-0.15, -0.1) is 0 Å². The minimum Gasteiger partial charge on any atom is -0.457 e. The number of hydrogen-bond donors (Lipinski definition) is 1. The lowest BCUT2D eigenvalue weighted by Crippen LogP contribution is -2.51. The SMILES string of the molecule is CC1=C[C@@H]2C(=O)[C@]3(C=C(C)[C@H](OC(=O)C4(C)CCCCC4)[C@H]3[C@@H]1C)[C@H](C)C[C@@H]1[C@H]2C1(C)C.CC1=C[C@]23C(=O)[C@@H]([C@H](O)[C@H](C)[C@@H](C)[C@@H]2[C@H]1OC(=O)C1(C)CCCCC1)[C@H]1[C@@H](C[C@H]3C)C1(C)C.CC1=C[C@]23C(=O)[C@@H]([C@H](O[Si](C)(C)C(C)(C)C)[C@H](C)[C@@H](C)[C@@H]2[C@H]1OC(=O)C1(C)CCCCC1)[C@H]1[C@@H](C[C@H]3C)C1(C)C. The summed E-state index contributed by atoms with van der Waals surface area (Å²) < 4.78 is 26.8. The number of rotatable bonds is 8. The maximum absolute atomic E-state index is 15.3. The van der Waals surface area contributed by atoms with E-state index in [-0.39, 0.29) is 164 Å². The smallest absolute Gasteiger partial charge is 0.312 e. The Bertz CT molecular complexity index is 3590. The molecule has 586 valence electrons. The predicted molar refractivity (Wildman–Crippen MR) is 419 cm³/mol. The van der Waals surface area contributed by atoms with Crippen molar-refractivity contribution >= 4 is 43.6 Å². The first-order valence-corrected chi connectivity index (χ1v) is 45.9. The molecule has 28 atom stereocenters. The Labute approximate surface area is 636 Å². The van der Waals surface area contributed by atoms with Crippen LogP contribution in [0.15, 0.2) is 46.6 Å². The fraction of sp³-hybridized carbons (Fsp3) is 0.849. The van der Waals surface area contributed by atoms with Crippen LogP contribution in [0.5, 0.6) is 0 Å². The normalized spacial score (nSPS) is 46.5. The number of carbonyl (C=O) groups is 6. The zero-order valence-corrected chi connectivity index (χ0v) is 71.5. The molecule has 0 radical (unpaired) electrons. The number of Topliss-reactive ketones (excluding diaryl/α,β-unsaturated/α-hetero) is 3. The highest BCUT2D eigenvalue weighted by molar-refractivity contribution is 6.74. The fourth-order valence-electron chi connectivity index (χ4n) is 27.3. The standard InChI is InChI=1S/C35H58O4Si.C29H44O4.C29H42O3/c1-20-19-35-21(2)18-24-27(33(24,8)9)25(30(35)36)29(39-40(11,12)32(5,6)7)23(4)22(3)26(35)28(20)38-31(37)34(10)16-14-13-15-17-34;1-15-14-29-16(2)13-19-22(27(19,5)6)20(25(29)31)23(30)18(4)17(3)21(29)24(15)33-26(32)28(7)11-9-8-10-12-28;1-16-13-20-23-21(27(23,5)6)14-18(3)29(25(20)30)15-17(2)24(22(29)19(16)4)32-26(31)28(7)11-9-8-10-12-28/h19,21-29H,13-18H2,1-12H3;14,16-24,30H,8-13H2,1-7H3;13,15,18-24H,8-12,14H2,1-7H3/t21-,22-,23-,24-,25-,26-,27-,28+,29-,35-;16-,17-,18-,19-,20-,21-,22-,23-,24+,29-;18-,19-,20+,21-,22-,23+,24+,29-/m111/s1. The lowest BCUT2D eigenvalue weighted by molar-refractivity contribution is -0.168. The van der Waals surface area contributed by atoms with E-state index in [1.165, 1.54) is 24.8 Å². The predicted octanol–water partition coefficient (Wildman–Crippen LogP) is 20.7. The Kier molecular flexibility index (Phi) is 20.2. The summed E-state index contributed by atoms with van der Waals surface area (Å²) in [6.45, 7) is 58.4. The van der Waals surface area contributed by atoms with Crippen LogP contribution in [0.25, 0.3) is 0 Å². The molecule has 0 aliphatic heterocycles. The van der Waals surface area contributed by atoms with Crippen LogP contribution in [0.2, 0.25) is 18.1 Å². The second-order valence-corrected chi connectivity index (χ2v) is 48.5. The molecular formula is C93H144O11Si. The molecule has 11 fully saturated rings. The van der Waals surface area contributed by atoms with Crippen LogP contribution in [0.3, 0.4) is 0 Å². The van der Waals surface area contributed by atoms with Crippen molar-refractivity contribution in [2.75, 3.05) is 0 Å². The number of fused-ring (bicyclic) bond motifs is 9. The zero-order chi connectivity index (χ0) is 77.1. The van der Waals surface area contributed by atoms with Gasteiger partial charge in [-0.1, -0.05) is 205 Å². The molecule has 12 heteroatoms. The minimum absolute atomic E-state index is 0.00163. The number of esters is 3. The molecule has 0 unspecified atom stereocenters. The number of carbonyl (C=O) groups excluding carboxylic acids is 6. The van der Waals surface area contributed by atoms with Crippen LogP contribution in [0, 0.1) is 167 Å². The summed E-state index contributed by atoms with van der Waals surface area (Å²) in [6.07, 6.45) is 26.1. The van der Waals surface area contributed by atoms with E-state index < -0.39 is 41.5 Å². The van der Waals surface area contributed by atoms with Crippen LogP contribution < -0.4 is 0 Å². The van der Waals surface area contributed by atoms with Gasteiger partial charge in [0.05, 0.1) is 44.7 Å². The van der Waals surface area contributed by atoms with Gasteiger partial charge in [0.1, 0.15) is 29.9 Å². The van der Waals surface area contributed by atoms with E-state index in [0.29, 0.717) is 41.2 Å². The summed E-state index contributed by atoms with van der Waals surface area (Å²) in [5.74, 6) is 4.37. The van der Waals surface area contributed by atoms with Gasteiger partial charge in [0.15, 0.2) is 14.1 Å². The molecule has 15 aliphatic carbocycles. The molecule has 0 saturated heterocycles. The lowest BCUT2D eigenvalue weighted by atomic mass is 9.60. The van der Waals surface area contributed by atoms with Crippen LogP contribution in [-0.2, 0) is 47.4 Å². The Morgan fingerprint density at radius 2 is 0.752 bits per heavy atom. The first-order chi connectivity index (χ1) is 48.6. The summed E-state index contributed by atoms with van der Waals surface area (Å²) in [4.78, 5) is 85.0. The van der Waals surface area contributed by atoms with Gasteiger partial charge in [0.25, 0.3) is 0 Å². The largest absolute Gasteiger partial charge is 0.457 e. The highest BCUT2D eigenvalue weighted by atomic mass is 28.4. The molecule has 3 spiro atoms. The number of hydrogen-bond acceptors (Lipinski definition) is 11. The second-order valence-electron chi connectivity index (χ2n) is 43.8. The summed E-state index contributed by atoms with van der Waals surface area (Å²) >= 11 is 0. The van der Waals surface area contributed by atoms with Crippen LogP contribution in [0.1, 0.15) is 282 Å². The fourth-order valence-corrected chi connectivity index (χ4v) is 28.7. The van der Waals surface area contributed by atoms with Gasteiger partial charge in [-0.2, -0.15) is 0 Å². The number of ketones is 3. The molecule has 11 saturated carbocycles. The summed E-state index contributed by atoms with van der Waals surface area (Å²) in [5.41, 5.74) is 2.11. The van der Waals surface area contributed by atoms with E-state index in [1.54, 1.807) is 0 Å². The van der Waals surface area contributed by atoms with Crippen molar-refractivity contribution in [2.24, 2.45) is 167 Å². The van der Waals surface area contributed by atoms with Gasteiger partial charge in [-0.25, -0.2) is 0 Å². The van der Waals surface area contributed by atoms with Crippen molar-refractivity contribution < 1.29 is 52.5 Å². The molecule has 15 rings (SSSR count). The number of allylic oxidation sites excluding steroid dienone is 5. The average Bonchev–Trinajstić information content (AvgIpc) is 1.52. The quantitative estimate of drug-likeness (QED) is 0.107. The number of aliphatic hydroxyl groups excluding tert-OH is 1. The van der Waals surface area contributed by atoms with Crippen LogP contribution in [-0.4, -0.2) is 79.2 Å². The monoisotopic (exact) mass is 1470 g/mol. The van der Waals surface area contributed by atoms with E-state index in [1.807, 2.05) is 0 Å². The van der Waals surface area contributed by atoms with Crippen molar-refractivity contribution in [3.8, 4) is 0 Å². The van der Waals surface area contributed by atoms with Crippen molar-refractivity contribution in [3.05, 3.63) is 46.6 Å². The molecule has 105 heavy (non-hydrogen) atoms. The highest BCUT2D eigenvalue weighted by Gasteiger charge is 2.77. The Balaban J connectivity index is 0.000000141. The van der Waals surface area contributed by atoms with E-state index in [2.05, 4.69) is 204 Å².